The quantitative estimate of drug-likeness (QED) is 0.723. The number of likely N-dealkylation sites (tertiary alicyclic amines) is 1. The van der Waals surface area contributed by atoms with Crippen LogP contribution in [0.4, 0.5) is 0 Å². The molecule has 1 heterocycles. The first-order chi connectivity index (χ1) is 11.7. The number of nitriles is 1. The molecule has 1 saturated heterocycles. The largest absolute Gasteiger partial charge is 0.543 e. The van der Waals surface area contributed by atoms with Crippen LogP contribution in [0.3, 0.4) is 0 Å². The summed E-state index contributed by atoms with van der Waals surface area (Å²) in [5, 5.41) is 9.00. The van der Waals surface area contributed by atoms with E-state index in [1.807, 2.05) is 18.2 Å². The third-order valence-electron chi connectivity index (χ3n) is 5.04. The number of nitrogens with zero attached hydrogens (tertiary/aromatic N) is 2. The van der Waals surface area contributed by atoms with Gasteiger partial charge in [0.15, 0.2) is 0 Å². The molecule has 1 aromatic rings. The van der Waals surface area contributed by atoms with Crippen LogP contribution in [0.25, 0.3) is 0 Å². The SMILES string of the molecule is BOC(=O)C(CCCC)C1CCN(Cc2cccc(C#N)c2)CC1. The van der Waals surface area contributed by atoms with E-state index in [1.165, 1.54) is 13.6 Å². The van der Waals surface area contributed by atoms with E-state index in [1.54, 1.807) is 0 Å². The van der Waals surface area contributed by atoms with Crippen LogP contribution < -0.4 is 0 Å². The van der Waals surface area contributed by atoms with Gasteiger partial charge in [-0.1, -0.05) is 31.9 Å². The Balaban J connectivity index is 1.89. The number of benzene rings is 1. The number of rotatable bonds is 7. The van der Waals surface area contributed by atoms with Crippen LogP contribution in [-0.2, 0) is 16.0 Å². The van der Waals surface area contributed by atoms with Gasteiger partial charge in [-0.25, -0.2) is 0 Å². The first-order valence-electron chi connectivity index (χ1n) is 8.97. The Bertz CT molecular complexity index is 577. The summed E-state index contributed by atoms with van der Waals surface area (Å²) >= 11 is 0. The van der Waals surface area contributed by atoms with Gasteiger partial charge >= 0.3 is 8.05 Å². The maximum atomic E-state index is 12.1. The van der Waals surface area contributed by atoms with Gasteiger partial charge < -0.3 is 4.65 Å². The van der Waals surface area contributed by atoms with Crippen molar-refractivity contribution in [3.8, 4) is 6.07 Å². The Labute approximate surface area is 146 Å². The Morgan fingerprint density at radius 2 is 2.21 bits per heavy atom. The molecular formula is C19H27BN2O2. The van der Waals surface area contributed by atoms with Gasteiger partial charge in [0, 0.05) is 6.54 Å². The van der Waals surface area contributed by atoms with Gasteiger partial charge in [-0.2, -0.15) is 5.26 Å². The molecule has 1 fully saturated rings. The number of carbonyl (C=O) groups is 1. The maximum Gasteiger partial charge on any atom is 0.325 e. The highest BCUT2D eigenvalue weighted by Gasteiger charge is 2.31. The summed E-state index contributed by atoms with van der Waals surface area (Å²) in [4.78, 5) is 14.5. The van der Waals surface area contributed by atoms with E-state index < -0.39 is 0 Å². The van der Waals surface area contributed by atoms with Crippen LogP contribution in [0.5, 0.6) is 0 Å². The molecule has 1 aliphatic heterocycles. The van der Waals surface area contributed by atoms with Gasteiger partial charge in [-0.3, -0.25) is 9.69 Å². The number of piperidine rings is 1. The van der Waals surface area contributed by atoms with Crippen molar-refractivity contribution in [1.29, 1.82) is 5.26 Å². The normalized spacial score (nSPS) is 17.2. The minimum atomic E-state index is -0.0383. The highest BCUT2D eigenvalue weighted by atomic mass is 16.5. The fourth-order valence-corrected chi connectivity index (χ4v) is 3.63. The van der Waals surface area contributed by atoms with Gasteiger partial charge in [0.25, 0.3) is 5.97 Å². The summed E-state index contributed by atoms with van der Waals surface area (Å²) < 4.78 is 5.03. The van der Waals surface area contributed by atoms with Crippen molar-refractivity contribution < 1.29 is 9.45 Å². The van der Waals surface area contributed by atoms with Gasteiger partial charge in [0.05, 0.1) is 17.6 Å². The molecule has 2 rings (SSSR count). The lowest BCUT2D eigenvalue weighted by atomic mass is 9.81. The smallest absolute Gasteiger partial charge is 0.325 e. The molecule has 0 radical (unpaired) electrons. The molecule has 1 aliphatic rings. The zero-order valence-corrected chi connectivity index (χ0v) is 14.8. The fourth-order valence-electron chi connectivity index (χ4n) is 3.63. The van der Waals surface area contributed by atoms with Crippen LogP contribution in [0.15, 0.2) is 24.3 Å². The summed E-state index contributed by atoms with van der Waals surface area (Å²) in [5.74, 6) is 0.452. The van der Waals surface area contributed by atoms with Crippen molar-refractivity contribution in [3.63, 3.8) is 0 Å². The molecule has 5 heteroatoms. The van der Waals surface area contributed by atoms with Crippen molar-refractivity contribution in [2.45, 2.75) is 45.6 Å². The Morgan fingerprint density at radius 1 is 1.46 bits per heavy atom. The van der Waals surface area contributed by atoms with Gasteiger partial charge in [0.1, 0.15) is 0 Å². The van der Waals surface area contributed by atoms with Crippen LogP contribution in [0, 0.1) is 23.2 Å². The second-order valence-electron chi connectivity index (χ2n) is 6.70. The molecule has 0 saturated carbocycles. The second kappa shape index (κ2) is 9.49. The lowest BCUT2D eigenvalue weighted by Gasteiger charge is -2.35. The van der Waals surface area contributed by atoms with Crippen molar-refractivity contribution >= 4 is 14.0 Å². The minimum absolute atomic E-state index is 0.0383. The molecule has 1 unspecified atom stereocenters. The van der Waals surface area contributed by atoms with E-state index in [4.69, 9.17) is 9.92 Å². The van der Waals surface area contributed by atoms with E-state index in [9.17, 15) is 4.79 Å². The monoisotopic (exact) mass is 326 g/mol. The van der Waals surface area contributed by atoms with Crippen LogP contribution in [0.2, 0.25) is 0 Å². The van der Waals surface area contributed by atoms with Crippen LogP contribution in [0.1, 0.15) is 50.2 Å². The van der Waals surface area contributed by atoms with Gasteiger partial charge in [0.2, 0.25) is 0 Å². The predicted octanol–water partition coefficient (Wildman–Crippen LogP) is 2.67. The molecule has 4 nitrogen and oxygen atoms in total. The predicted molar refractivity (Wildman–Crippen MR) is 96.8 cm³/mol. The minimum Gasteiger partial charge on any atom is -0.543 e. The molecule has 0 bridgehead atoms. The first kappa shape index (κ1) is 18.5. The number of hydrogen-bond acceptors (Lipinski definition) is 4. The Hall–Kier alpha value is -1.80. The van der Waals surface area contributed by atoms with E-state index in [-0.39, 0.29) is 11.9 Å². The molecule has 128 valence electrons. The molecule has 1 atom stereocenters. The summed E-state index contributed by atoms with van der Waals surface area (Å²) in [6.07, 6.45) is 5.23. The number of unbranched alkanes of at least 4 members (excludes halogenated alkanes) is 1. The average Bonchev–Trinajstić information content (AvgIpc) is 2.63. The van der Waals surface area contributed by atoms with Crippen molar-refractivity contribution in [1.82, 2.24) is 4.90 Å². The molecule has 0 aliphatic carbocycles. The Kier molecular flexibility index (Phi) is 7.33. The van der Waals surface area contributed by atoms with E-state index in [0.717, 1.165) is 51.7 Å². The third kappa shape index (κ3) is 5.11. The molecule has 0 spiro atoms. The van der Waals surface area contributed by atoms with Crippen molar-refractivity contribution in [2.24, 2.45) is 11.8 Å². The standard InChI is InChI=1S/C19H27BN2O2/c1-2-3-7-18(19(23)24-20)17-8-10-22(11-9-17)14-16-6-4-5-15(12-16)13-21/h4-6,12,17-18H,2-3,7-11,14,20H2,1H3. The highest BCUT2D eigenvalue weighted by Crippen LogP contribution is 2.30. The Morgan fingerprint density at radius 3 is 2.83 bits per heavy atom. The van der Waals surface area contributed by atoms with Crippen LogP contribution >= 0.6 is 0 Å². The summed E-state index contributed by atoms with van der Waals surface area (Å²) in [6.45, 7) is 5.04. The van der Waals surface area contributed by atoms with Gasteiger partial charge in [-0.05, 0) is 56.0 Å². The number of hydrogen-bond donors (Lipinski definition) is 0. The molecule has 1 aromatic carbocycles. The maximum absolute atomic E-state index is 12.1. The first-order valence-corrected chi connectivity index (χ1v) is 8.97. The fraction of sp³-hybridized carbons (Fsp3) is 0.579. The zero-order chi connectivity index (χ0) is 17.4. The topological polar surface area (TPSA) is 53.3 Å². The molecule has 24 heavy (non-hydrogen) atoms. The highest BCUT2D eigenvalue weighted by molar-refractivity contribution is 6.05. The molecular weight excluding hydrogens is 299 g/mol. The molecule has 0 N–H and O–H groups in total. The summed E-state index contributed by atoms with van der Waals surface area (Å²) in [7, 11) is 1.50. The van der Waals surface area contributed by atoms with E-state index >= 15 is 0 Å². The lowest BCUT2D eigenvalue weighted by molar-refractivity contribution is -0.141. The lowest BCUT2D eigenvalue weighted by Crippen LogP contribution is -2.38. The zero-order valence-electron chi connectivity index (χ0n) is 14.8. The van der Waals surface area contributed by atoms with Crippen molar-refractivity contribution in [2.75, 3.05) is 13.1 Å². The van der Waals surface area contributed by atoms with Crippen molar-refractivity contribution in [3.05, 3.63) is 35.4 Å². The average molecular weight is 326 g/mol. The molecule has 0 amide bonds. The van der Waals surface area contributed by atoms with Gasteiger partial charge in [-0.15, -0.1) is 0 Å². The van der Waals surface area contributed by atoms with E-state index in [0.29, 0.717) is 11.5 Å². The number of carbonyl (C=O) groups excluding carboxylic acids is 1. The summed E-state index contributed by atoms with van der Waals surface area (Å²) in [6, 6.07) is 10.0. The third-order valence-corrected chi connectivity index (χ3v) is 5.04. The van der Waals surface area contributed by atoms with E-state index in [2.05, 4.69) is 24.0 Å². The molecule has 0 aromatic heterocycles. The second-order valence-corrected chi connectivity index (χ2v) is 6.70. The van der Waals surface area contributed by atoms with Crippen LogP contribution in [-0.4, -0.2) is 32.0 Å². The summed E-state index contributed by atoms with van der Waals surface area (Å²) in [5.41, 5.74) is 1.90.